The van der Waals surface area contributed by atoms with Crippen LogP contribution in [0.3, 0.4) is 0 Å². The van der Waals surface area contributed by atoms with E-state index in [2.05, 4.69) is 19.2 Å². The van der Waals surface area contributed by atoms with Crippen molar-refractivity contribution in [1.29, 1.82) is 0 Å². The summed E-state index contributed by atoms with van der Waals surface area (Å²) >= 11 is 0. The molecule has 0 aromatic carbocycles. The van der Waals surface area contributed by atoms with E-state index in [0.717, 1.165) is 38.5 Å². The van der Waals surface area contributed by atoms with E-state index in [1.807, 2.05) is 0 Å². The Morgan fingerprint density at radius 1 is 0.526 bits per heavy atom. The number of nitrogens with one attached hydrogen (secondary N) is 1. The van der Waals surface area contributed by atoms with E-state index in [1.165, 1.54) is 180 Å². The van der Waals surface area contributed by atoms with E-state index in [4.69, 9.17) is 9.47 Å². The number of hydrogen-bond donors (Lipinski definition) is 6. The Bertz CT molecular complexity index is 862. The first-order valence-electron chi connectivity index (χ1n) is 24.7. The highest BCUT2D eigenvalue weighted by molar-refractivity contribution is 5.76. The first-order chi connectivity index (χ1) is 27.8. The highest BCUT2D eigenvalue weighted by atomic mass is 16.7. The molecule has 340 valence electrons. The van der Waals surface area contributed by atoms with Crippen LogP contribution in [-0.4, -0.2) is 87.5 Å². The standard InChI is InChI=1S/C48H95NO8/c1-3-5-7-9-11-13-15-17-19-21-22-23-25-27-29-31-33-35-37-42(51)41(40-56-48-47(55)46(54)45(53)43(39-50)57-48)49-44(52)38-36-34-32-30-28-26-24-20-18-16-14-12-10-8-6-4-2/h41-43,45-48,50-51,53-55H,3-40H2,1-2H3,(H,49,52). The summed E-state index contributed by atoms with van der Waals surface area (Å²) in [5.74, 6) is -0.139. The predicted molar refractivity (Wildman–Crippen MR) is 235 cm³/mol. The number of aliphatic hydroxyl groups is 5. The van der Waals surface area contributed by atoms with Gasteiger partial charge in [-0.05, 0) is 12.8 Å². The van der Waals surface area contributed by atoms with Crippen molar-refractivity contribution in [3.63, 3.8) is 0 Å². The number of carbonyl (C=O) groups excluding carboxylic acids is 1. The van der Waals surface area contributed by atoms with E-state index >= 15 is 0 Å². The van der Waals surface area contributed by atoms with Crippen LogP contribution in [0.4, 0.5) is 0 Å². The van der Waals surface area contributed by atoms with Gasteiger partial charge in [-0.1, -0.05) is 226 Å². The van der Waals surface area contributed by atoms with Crippen molar-refractivity contribution < 1.29 is 39.8 Å². The predicted octanol–water partition coefficient (Wildman–Crippen LogP) is 10.7. The van der Waals surface area contributed by atoms with Crippen molar-refractivity contribution in [2.75, 3.05) is 13.2 Å². The molecule has 1 amide bonds. The summed E-state index contributed by atoms with van der Waals surface area (Å²) in [5, 5.41) is 54.4. The molecule has 9 heteroatoms. The van der Waals surface area contributed by atoms with Gasteiger partial charge in [0.25, 0.3) is 0 Å². The molecule has 1 heterocycles. The molecule has 1 aliphatic rings. The molecule has 0 aliphatic carbocycles. The molecule has 1 aliphatic heterocycles. The van der Waals surface area contributed by atoms with Crippen LogP contribution in [-0.2, 0) is 14.3 Å². The molecule has 0 saturated carbocycles. The highest BCUT2D eigenvalue weighted by Crippen LogP contribution is 2.23. The molecule has 1 rings (SSSR count). The summed E-state index contributed by atoms with van der Waals surface area (Å²) < 4.78 is 11.3. The van der Waals surface area contributed by atoms with Crippen molar-refractivity contribution in [3.05, 3.63) is 0 Å². The zero-order chi connectivity index (χ0) is 41.6. The molecule has 0 radical (unpaired) electrons. The van der Waals surface area contributed by atoms with Gasteiger partial charge in [0.05, 0.1) is 25.4 Å². The zero-order valence-corrected chi connectivity index (χ0v) is 37.4. The summed E-state index contributed by atoms with van der Waals surface area (Å²) in [4.78, 5) is 13.0. The molecule has 0 spiro atoms. The maximum atomic E-state index is 13.0. The first kappa shape index (κ1) is 54.2. The highest BCUT2D eigenvalue weighted by Gasteiger charge is 2.44. The number of unbranched alkanes of at least 4 members (excludes halogenated alkanes) is 32. The van der Waals surface area contributed by atoms with Crippen molar-refractivity contribution in [1.82, 2.24) is 5.32 Å². The van der Waals surface area contributed by atoms with Crippen molar-refractivity contribution in [2.45, 2.75) is 288 Å². The van der Waals surface area contributed by atoms with E-state index in [-0.39, 0.29) is 12.5 Å². The number of carbonyl (C=O) groups is 1. The maximum absolute atomic E-state index is 13.0. The van der Waals surface area contributed by atoms with Gasteiger partial charge in [-0.2, -0.15) is 0 Å². The van der Waals surface area contributed by atoms with Crippen molar-refractivity contribution in [3.8, 4) is 0 Å². The van der Waals surface area contributed by atoms with Crippen LogP contribution in [0.1, 0.15) is 245 Å². The minimum atomic E-state index is -1.55. The Kier molecular flexibility index (Phi) is 37.4. The van der Waals surface area contributed by atoms with Crippen molar-refractivity contribution >= 4 is 5.91 Å². The second-order valence-electron chi connectivity index (χ2n) is 17.6. The molecule has 57 heavy (non-hydrogen) atoms. The zero-order valence-electron chi connectivity index (χ0n) is 37.4. The van der Waals surface area contributed by atoms with Gasteiger partial charge in [-0.25, -0.2) is 0 Å². The summed E-state index contributed by atoms with van der Waals surface area (Å²) in [6.07, 6.45) is 36.8. The molecule has 0 bridgehead atoms. The van der Waals surface area contributed by atoms with E-state index in [1.54, 1.807) is 0 Å². The molecular weight excluding hydrogens is 719 g/mol. The van der Waals surface area contributed by atoms with Crippen LogP contribution in [0.5, 0.6) is 0 Å². The largest absolute Gasteiger partial charge is 0.394 e. The second kappa shape index (κ2) is 39.3. The molecular formula is C48H95NO8. The van der Waals surface area contributed by atoms with Gasteiger partial charge < -0.3 is 40.3 Å². The number of aliphatic hydroxyl groups excluding tert-OH is 5. The molecule has 9 nitrogen and oxygen atoms in total. The summed E-state index contributed by atoms with van der Waals surface area (Å²) in [6, 6.07) is -0.711. The summed E-state index contributed by atoms with van der Waals surface area (Å²) in [6.45, 7) is 3.86. The number of ether oxygens (including phenoxy) is 2. The lowest BCUT2D eigenvalue weighted by Gasteiger charge is -2.40. The fraction of sp³-hybridized carbons (Fsp3) is 0.979. The van der Waals surface area contributed by atoms with E-state index in [9.17, 15) is 30.3 Å². The Morgan fingerprint density at radius 2 is 0.877 bits per heavy atom. The van der Waals surface area contributed by atoms with Gasteiger partial charge in [0.15, 0.2) is 6.29 Å². The van der Waals surface area contributed by atoms with Gasteiger partial charge in [0.2, 0.25) is 5.91 Å². The Labute approximate surface area is 351 Å². The van der Waals surface area contributed by atoms with Crippen LogP contribution in [0, 0.1) is 0 Å². The molecule has 7 atom stereocenters. The lowest BCUT2D eigenvalue weighted by Crippen LogP contribution is -2.60. The lowest BCUT2D eigenvalue weighted by molar-refractivity contribution is -0.302. The fourth-order valence-electron chi connectivity index (χ4n) is 8.22. The molecule has 0 aromatic rings. The van der Waals surface area contributed by atoms with E-state index < -0.39 is 49.5 Å². The van der Waals surface area contributed by atoms with Gasteiger partial charge in [-0.3, -0.25) is 4.79 Å². The third-order valence-electron chi connectivity index (χ3n) is 12.2. The Balaban J connectivity index is 2.28. The normalized spacial score (nSPS) is 20.9. The fourth-order valence-corrected chi connectivity index (χ4v) is 8.22. The smallest absolute Gasteiger partial charge is 0.220 e. The van der Waals surface area contributed by atoms with Gasteiger partial charge in [0, 0.05) is 6.42 Å². The number of rotatable bonds is 42. The van der Waals surface area contributed by atoms with Gasteiger partial charge in [0.1, 0.15) is 24.4 Å². The molecule has 1 fully saturated rings. The average Bonchev–Trinajstić information content (AvgIpc) is 3.21. The maximum Gasteiger partial charge on any atom is 0.220 e. The minimum absolute atomic E-state index is 0.131. The molecule has 7 unspecified atom stereocenters. The Hall–Kier alpha value is -0.810. The number of hydrogen-bond acceptors (Lipinski definition) is 8. The summed E-state index contributed by atoms with van der Waals surface area (Å²) in [7, 11) is 0. The van der Waals surface area contributed by atoms with Crippen LogP contribution in [0.2, 0.25) is 0 Å². The van der Waals surface area contributed by atoms with Crippen molar-refractivity contribution in [2.24, 2.45) is 0 Å². The quantitative estimate of drug-likeness (QED) is 0.0334. The third kappa shape index (κ3) is 30.0. The molecule has 6 N–H and O–H groups in total. The minimum Gasteiger partial charge on any atom is -0.394 e. The van der Waals surface area contributed by atoms with E-state index in [0.29, 0.717) is 12.8 Å². The van der Waals surface area contributed by atoms with Gasteiger partial charge in [-0.15, -0.1) is 0 Å². The third-order valence-corrected chi connectivity index (χ3v) is 12.2. The lowest BCUT2D eigenvalue weighted by atomic mass is 9.99. The van der Waals surface area contributed by atoms with Crippen LogP contribution >= 0.6 is 0 Å². The SMILES string of the molecule is CCCCCCCCCCCCCCCCCCCCC(O)C(COC1OC(CO)C(O)C(O)C1O)NC(=O)CCCCCCCCCCCCCCCCCC. The monoisotopic (exact) mass is 814 g/mol. The van der Waals surface area contributed by atoms with Crippen LogP contribution < -0.4 is 5.32 Å². The molecule has 0 aromatic heterocycles. The topological polar surface area (TPSA) is 149 Å². The summed E-state index contributed by atoms with van der Waals surface area (Å²) in [5.41, 5.74) is 0. The second-order valence-corrected chi connectivity index (χ2v) is 17.6. The first-order valence-corrected chi connectivity index (χ1v) is 24.7. The number of amides is 1. The molecule has 1 saturated heterocycles. The average molecular weight is 814 g/mol. The van der Waals surface area contributed by atoms with Crippen LogP contribution in [0.25, 0.3) is 0 Å². The van der Waals surface area contributed by atoms with Gasteiger partial charge >= 0.3 is 0 Å². The van der Waals surface area contributed by atoms with Crippen LogP contribution in [0.15, 0.2) is 0 Å². The Morgan fingerprint density at radius 3 is 1.25 bits per heavy atom.